The predicted molar refractivity (Wildman–Crippen MR) is 112 cm³/mol. The van der Waals surface area contributed by atoms with Gasteiger partial charge in [-0.1, -0.05) is 35.9 Å². The Labute approximate surface area is 176 Å². The average Bonchev–Trinajstić information content (AvgIpc) is 2.68. The molecule has 0 aliphatic carbocycles. The molecule has 0 aliphatic rings. The van der Waals surface area contributed by atoms with E-state index >= 15 is 0 Å². The second kappa shape index (κ2) is 9.06. The van der Waals surface area contributed by atoms with E-state index in [-0.39, 0.29) is 5.56 Å². The zero-order chi connectivity index (χ0) is 21.7. The maximum atomic E-state index is 12.3. The van der Waals surface area contributed by atoms with Crippen molar-refractivity contribution >= 4 is 52.0 Å². The first-order valence-electron chi connectivity index (χ1n) is 8.72. The number of urea groups is 2. The van der Waals surface area contributed by atoms with Crippen LogP contribution in [0.15, 0.2) is 60.7 Å². The van der Waals surface area contributed by atoms with Gasteiger partial charge in [-0.3, -0.25) is 20.2 Å². The number of benzene rings is 3. The Morgan fingerprint density at radius 3 is 2.27 bits per heavy atom. The van der Waals surface area contributed by atoms with Crippen LogP contribution in [0.25, 0.3) is 10.8 Å². The molecule has 30 heavy (non-hydrogen) atoms. The number of carbonyl (C=O) groups is 4. The van der Waals surface area contributed by atoms with Crippen molar-refractivity contribution in [3.63, 3.8) is 0 Å². The van der Waals surface area contributed by atoms with E-state index in [1.165, 1.54) is 13.0 Å². The molecule has 9 heteroatoms. The van der Waals surface area contributed by atoms with E-state index in [1.807, 2.05) is 5.32 Å². The zero-order valence-corrected chi connectivity index (χ0v) is 16.4. The van der Waals surface area contributed by atoms with Crippen molar-refractivity contribution in [3.8, 4) is 5.75 Å². The van der Waals surface area contributed by atoms with E-state index in [2.05, 4.69) is 10.6 Å². The molecule has 0 heterocycles. The highest BCUT2D eigenvalue weighted by molar-refractivity contribution is 6.33. The first-order valence-corrected chi connectivity index (χ1v) is 9.10. The third-order valence-corrected chi connectivity index (χ3v) is 4.24. The van der Waals surface area contributed by atoms with E-state index in [1.54, 1.807) is 54.6 Å². The van der Waals surface area contributed by atoms with Crippen molar-refractivity contribution in [2.75, 3.05) is 5.32 Å². The van der Waals surface area contributed by atoms with Crippen LogP contribution in [-0.2, 0) is 4.79 Å². The van der Waals surface area contributed by atoms with Crippen LogP contribution in [0.1, 0.15) is 17.3 Å². The highest BCUT2D eigenvalue weighted by Gasteiger charge is 2.14. The van der Waals surface area contributed by atoms with E-state index in [0.717, 1.165) is 5.39 Å². The molecule has 3 rings (SSSR count). The summed E-state index contributed by atoms with van der Waals surface area (Å²) in [6.07, 6.45) is 0. The fourth-order valence-electron chi connectivity index (χ4n) is 2.62. The lowest BCUT2D eigenvalue weighted by Gasteiger charge is -2.09. The number of para-hydroxylation sites is 1. The normalized spacial score (nSPS) is 10.2. The van der Waals surface area contributed by atoms with E-state index in [4.69, 9.17) is 16.3 Å². The van der Waals surface area contributed by atoms with Crippen LogP contribution >= 0.6 is 11.6 Å². The van der Waals surface area contributed by atoms with Gasteiger partial charge in [0, 0.05) is 12.5 Å². The summed E-state index contributed by atoms with van der Waals surface area (Å²) in [5.41, 5.74) is 0.530. The lowest BCUT2D eigenvalue weighted by atomic mass is 10.1. The standard InChI is InChI=1S/C21H16ClN3O5/c1-12(26)30-16-9-8-13-10-15(7-6-14(13)11-16)19(27)24-21(29)25-20(28)23-18-5-3-2-4-17(18)22/h2-11H,1H3,(H3,23,24,25,27,28,29). The van der Waals surface area contributed by atoms with Gasteiger partial charge in [0.15, 0.2) is 0 Å². The van der Waals surface area contributed by atoms with Crippen LogP contribution < -0.4 is 20.7 Å². The predicted octanol–water partition coefficient (Wildman–Crippen LogP) is 4.09. The van der Waals surface area contributed by atoms with Crippen LogP contribution in [0, 0.1) is 0 Å². The van der Waals surface area contributed by atoms with E-state index in [0.29, 0.717) is 21.8 Å². The minimum absolute atomic E-state index is 0.212. The van der Waals surface area contributed by atoms with Gasteiger partial charge >= 0.3 is 18.0 Å². The minimum atomic E-state index is -0.991. The summed E-state index contributed by atoms with van der Waals surface area (Å²) >= 11 is 5.93. The summed E-state index contributed by atoms with van der Waals surface area (Å²) < 4.78 is 5.02. The van der Waals surface area contributed by atoms with Crippen molar-refractivity contribution in [2.24, 2.45) is 0 Å². The average molecular weight is 426 g/mol. The van der Waals surface area contributed by atoms with Gasteiger partial charge < -0.3 is 10.1 Å². The molecule has 3 aromatic carbocycles. The van der Waals surface area contributed by atoms with Crippen molar-refractivity contribution in [1.82, 2.24) is 10.6 Å². The van der Waals surface area contributed by atoms with Gasteiger partial charge in [-0.05, 0) is 47.2 Å². The Balaban J connectivity index is 1.62. The number of halogens is 1. The monoisotopic (exact) mass is 425 g/mol. The van der Waals surface area contributed by atoms with Crippen molar-refractivity contribution in [3.05, 3.63) is 71.2 Å². The van der Waals surface area contributed by atoms with E-state index < -0.39 is 23.9 Å². The molecule has 0 radical (unpaired) electrons. The lowest BCUT2D eigenvalue weighted by Crippen LogP contribution is -2.44. The van der Waals surface area contributed by atoms with Gasteiger partial charge in [-0.25, -0.2) is 9.59 Å². The summed E-state index contributed by atoms with van der Waals surface area (Å²) in [5.74, 6) is -0.741. The number of esters is 1. The third-order valence-electron chi connectivity index (χ3n) is 3.91. The number of fused-ring (bicyclic) bond motifs is 1. The maximum Gasteiger partial charge on any atom is 0.329 e. The Morgan fingerprint density at radius 2 is 1.53 bits per heavy atom. The SMILES string of the molecule is CC(=O)Oc1ccc2cc(C(=O)NC(=O)NC(=O)Nc3ccccc3Cl)ccc2c1. The second-order valence-corrected chi connectivity index (χ2v) is 6.57. The molecule has 0 saturated heterocycles. The quantitative estimate of drug-likeness (QED) is 0.432. The molecule has 0 saturated carbocycles. The van der Waals surface area contributed by atoms with E-state index in [9.17, 15) is 19.2 Å². The Kier molecular flexibility index (Phi) is 6.29. The molecule has 0 spiro atoms. The summed E-state index contributed by atoms with van der Waals surface area (Å²) in [6, 6.07) is 14.3. The number of hydrogen-bond donors (Lipinski definition) is 3. The van der Waals surface area contributed by atoms with Gasteiger partial charge in [0.05, 0.1) is 10.7 Å². The van der Waals surface area contributed by atoms with Crippen LogP contribution in [0.5, 0.6) is 5.75 Å². The van der Waals surface area contributed by atoms with Crippen LogP contribution in [0.4, 0.5) is 15.3 Å². The molecular weight excluding hydrogens is 410 g/mol. The molecule has 0 aromatic heterocycles. The molecule has 0 fully saturated rings. The number of carbonyl (C=O) groups excluding carboxylic acids is 4. The largest absolute Gasteiger partial charge is 0.427 e. The van der Waals surface area contributed by atoms with Gasteiger partial charge in [0.1, 0.15) is 5.75 Å². The minimum Gasteiger partial charge on any atom is -0.427 e. The number of imide groups is 2. The van der Waals surface area contributed by atoms with Crippen molar-refractivity contribution in [1.29, 1.82) is 0 Å². The zero-order valence-electron chi connectivity index (χ0n) is 15.7. The van der Waals surface area contributed by atoms with Crippen molar-refractivity contribution in [2.45, 2.75) is 6.92 Å². The number of amides is 5. The van der Waals surface area contributed by atoms with Crippen LogP contribution in [0.2, 0.25) is 5.02 Å². The maximum absolute atomic E-state index is 12.3. The molecule has 0 unspecified atom stereocenters. The smallest absolute Gasteiger partial charge is 0.329 e. The number of anilines is 1. The number of ether oxygens (including phenoxy) is 1. The van der Waals surface area contributed by atoms with Gasteiger partial charge in [-0.2, -0.15) is 0 Å². The molecule has 0 bridgehead atoms. The van der Waals surface area contributed by atoms with Gasteiger partial charge in [0.25, 0.3) is 5.91 Å². The molecule has 0 aliphatic heterocycles. The number of rotatable bonds is 3. The summed E-state index contributed by atoms with van der Waals surface area (Å²) in [7, 11) is 0. The Bertz CT molecular complexity index is 1160. The van der Waals surface area contributed by atoms with Crippen LogP contribution in [0.3, 0.4) is 0 Å². The molecular formula is C21H16ClN3O5. The first-order chi connectivity index (χ1) is 14.3. The molecule has 5 amide bonds. The van der Waals surface area contributed by atoms with Gasteiger partial charge in [-0.15, -0.1) is 0 Å². The Morgan fingerprint density at radius 1 is 0.833 bits per heavy atom. The fraction of sp³-hybridized carbons (Fsp3) is 0.0476. The topological polar surface area (TPSA) is 114 Å². The molecule has 3 N–H and O–H groups in total. The summed E-state index contributed by atoms with van der Waals surface area (Å²) in [5, 5.41) is 8.23. The molecule has 3 aromatic rings. The summed E-state index contributed by atoms with van der Waals surface area (Å²) in [4.78, 5) is 47.2. The molecule has 152 valence electrons. The number of nitrogens with one attached hydrogen (secondary N) is 3. The van der Waals surface area contributed by atoms with Crippen LogP contribution in [-0.4, -0.2) is 23.9 Å². The number of hydrogen-bond acceptors (Lipinski definition) is 5. The van der Waals surface area contributed by atoms with Crippen molar-refractivity contribution < 1.29 is 23.9 Å². The molecule has 8 nitrogen and oxygen atoms in total. The third kappa shape index (κ3) is 5.33. The highest BCUT2D eigenvalue weighted by Crippen LogP contribution is 2.22. The van der Waals surface area contributed by atoms with Gasteiger partial charge in [0.2, 0.25) is 0 Å². The first kappa shape index (κ1) is 20.8. The summed E-state index contributed by atoms with van der Waals surface area (Å²) in [6.45, 7) is 1.30. The highest BCUT2D eigenvalue weighted by atomic mass is 35.5. The fourth-order valence-corrected chi connectivity index (χ4v) is 2.80. The Hall–Kier alpha value is -3.91. The lowest BCUT2D eigenvalue weighted by molar-refractivity contribution is -0.131. The second-order valence-electron chi connectivity index (χ2n) is 6.16. The molecule has 0 atom stereocenters.